The molecule has 1 N–H and O–H groups in total. The van der Waals surface area contributed by atoms with Gasteiger partial charge in [0.1, 0.15) is 18.1 Å². The van der Waals surface area contributed by atoms with Crippen molar-refractivity contribution in [1.29, 1.82) is 0 Å². The van der Waals surface area contributed by atoms with Gasteiger partial charge in [-0.05, 0) is 26.3 Å². The van der Waals surface area contributed by atoms with E-state index in [-0.39, 0.29) is 17.6 Å². The average molecular weight is 321 g/mol. The third kappa shape index (κ3) is 4.37. The Hall–Kier alpha value is -2.24. The van der Waals surface area contributed by atoms with Crippen molar-refractivity contribution < 1.29 is 24.2 Å². The molecular weight excluding hydrogens is 298 g/mol. The lowest BCUT2D eigenvalue weighted by Gasteiger charge is -2.17. The van der Waals surface area contributed by atoms with Crippen LogP contribution in [0.1, 0.15) is 38.2 Å². The number of aromatic hydroxyl groups is 1. The molecule has 1 unspecified atom stereocenters. The Morgan fingerprint density at radius 3 is 2.83 bits per heavy atom. The molecule has 0 radical (unpaired) electrons. The maximum atomic E-state index is 11.7. The van der Waals surface area contributed by atoms with Gasteiger partial charge in [-0.3, -0.25) is 9.59 Å². The first-order valence-corrected chi connectivity index (χ1v) is 7.93. The molecule has 1 aliphatic heterocycles. The van der Waals surface area contributed by atoms with E-state index >= 15 is 0 Å². The second-order valence-electron chi connectivity index (χ2n) is 5.53. The zero-order valence-corrected chi connectivity index (χ0v) is 13.6. The monoisotopic (exact) mass is 321 g/mol. The fourth-order valence-corrected chi connectivity index (χ4v) is 2.59. The molecule has 1 aliphatic rings. The Morgan fingerprint density at radius 2 is 2.22 bits per heavy atom. The summed E-state index contributed by atoms with van der Waals surface area (Å²) in [7, 11) is 0. The molecule has 2 rings (SSSR count). The van der Waals surface area contributed by atoms with Crippen LogP contribution in [0, 0.1) is 0 Å². The summed E-state index contributed by atoms with van der Waals surface area (Å²) in [6, 6.07) is 4.85. The smallest absolute Gasteiger partial charge is 0.313 e. The van der Waals surface area contributed by atoms with Crippen LogP contribution in [0.15, 0.2) is 18.2 Å². The molecule has 6 heteroatoms. The van der Waals surface area contributed by atoms with Gasteiger partial charge in [-0.1, -0.05) is 6.07 Å². The molecule has 1 saturated heterocycles. The molecule has 0 aliphatic carbocycles. The highest BCUT2D eigenvalue weighted by Gasteiger charge is 2.21. The minimum Gasteiger partial charge on any atom is -0.508 e. The van der Waals surface area contributed by atoms with Gasteiger partial charge in [-0.15, -0.1) is 0 Å². The zero-order chi connectivity index (χ0) is 16.8. The predicted molar refractivity (Wildman–Crippen MR) is 84.5 cm³/mol. The maximum Gasteiger partial charge on any atom is 0.313 e. The summed E-state index contributed by atoms with van der Waals surface area (Å²) in [5, 5.41) is 10.1. The number of phenols is 1. The quantitative estimate of drug-likeness (QED) is 0.778. The van der Waals surface area contributed by atoms with Crippen molar-refractivity contribution in [2.45, 2.75) is 32.6 Å². The fraction of sp³-hybridized carbons (Fsp3) is 0.529. The molecule has 0 bridgehead atoms. The number of likely N-dealkylation sites (tertiary alicyclic amines) is 1. The highest BCUT2D eigenvalue weighted by molar-refractivity contribution is 5.79. The molecule has 1 heterocycles. The number of carbonyl (C=O) groups excluding carboxylic acids is 2. The van der Waals surface area contributed by atoms with E-state index in [9.17, 15) is 14.7 Å². The lowest BCUT2D eigenvalue weighted by Crippen LogP contribution is -2.29. The summed E-state index contributed by atoms with van der Waals surface area (Å²) in [4.78, 5) is 25.0. The number of hydrogen-bond acceptors (Lipinski definition) is 5. The number of rotatable bonds is 7. The first-order valence-electron chi connectivity index (χ1n) is 7.93. The normalized spacial score (nSPS) is 15.6. The van der Waals surface area contributed by atoms with Gasteiger partial charge in [0.15, 0.2) is 0 Å². The van der Waals surface area contributed by atoms with Gasteiger partial charge in [0.05, 0.1) is 19.1 Å². The second-order valence-corrected chi connectivity index (χ2v) is 5.53. The van der Waals surface area contributed by atoms with Crippen LogP contribution in [0.4, 0.5) is 0 Å². The van der Waals surface area contributed by atoms with Crippen LogP contribution < -0.4 is 4.74 Å². The minimum absolute atomic E-state index is 0.000280. The third-order valence-corrected chi connectivity index (χ3v) is 3.91. The van der Waals surface area contributed by atoms with Crippen molar-refractivity contribution >= 4 is 11.9 Å². The largest absolute Gasteiger partial charge is 0.508 e. The molecule has 126 valence electrons. The van der Waals surface area contributed by atoms with Gasteiger partial charge in [0.2, 0.25) is 5.91 Å². The van der Waals surface area contributed by atoms with Gasteiger partial charge < -0.3 is 19.5 Å². The number of hydrogen-bond donors (Lipinski definition) is 1. The number of nitrogens with zero attached hydrogens (tertiary/aromatic N) is 1. The van der Waals surface area contributed by atoms with Gasteiger partial charge in [0.25, 0.3) is 0 Å². The second kappa shape index (κ2) is 7.85. The number of esters is 1. The highest BCUT2D eigenvalue weighted by Crippen LogP contribution is 2.30. The first kappa shape index (κ1) is 17.1. The van der Waals surface area contributed by atoms with E-state index in [4.69, 9.17) is 9.47 Å². The van der Waals surface area contributed by atoms with Crippen LogP contribution in [0.5, 0.6) is 11.5 Å². The van der Waals surface area contributed by atoms with Crippen molar-refractivity contribution in [1.82, 2.24) is 4.90 Å². The standard InChI is InChI=1S/C17H23NO5/c1-3-22-17(21)12(2)14-7-6-13(11-15(14)19)23-10-9-18-8-4-5-16(18)20/h6-7,11-12,19H,3-5,8-10H2,1-2H3. The van der Waals surface area contributed by atoms with Crippen molar-refractivity contribution in [3.8, 4) is 11.5 Å². The summed E-state index contributed by atoms with van der Waals surface area (Å²) in [5.74, 6) is -0.237. The molecule has 1 atom stereocenters. The number of phenolic OH excluding ortho intramolecular Hbond substituents is 1. The van der Waals surface area contributed by atoms with E-state index in [0.29, 0.717) is 37.5 Å². The molecule has 23 heavy (non-hydrogen) atoms. The molecule has 0 aromatic heterocycles. The fourth-order valence-electron chi connectivity index (χ4n) is 2.59. The molecular formula is C17H23NO5. The van der Waals surface area contributed by atoms with Gasteiger partial charge in [-0.25, -0.2) is 0 Å². The summed E-state index contributed by atoms with van der Waals surface area (Å²) in [5.41, 5.74) is 0.505. The molecule has 1 fully saturated rings. The maximum absolute atomic E-state index is 11.7. The van der Waals surface area contributed by atoms with E-state index in [1.165, 1.54) is 6.07 Å². The van der Waals surface area contributed by atoms with Crippen LogP contribution in [-0.4, -0.2) is 48.2 Å². The Labute approximate surface area is 136 Å². The predicted octanol–water partition coefficient (Wildman–Crippen LogP) is 2.06. The SMILES string of the molecule is CCOC(=O)C(C)c1ccc(OCCN2CCCC2=O)cc1O. The lowest BCUT2D eigenvalue weighted by molar-refractivity contribution is -0.144. The first-order chi connectivity index (χ1) is 11.0. The molecule has 1 aromatic rings. The summed E-state index contributed by atoms with van der Waals surface area (Å²) in [6.45, 7) is 5.43. The van der Waals surface area contributed by atoms with E-state index in [1.54, 1.807) is 30.9 Å². The Morgan fingerprint density at radius 1 is 1.43 bits per heavy atom. The Balaban J connectivity index is 1.91. The van der Waals surface area contributed by atoms with Crippen LogP contribution in [0.25, 0.3) is 0 Å². The number of carbonyl (C=O) groups is 2. The molecule has 0 spiro atoms. The summed E-state index contributed by atoms with van der Waals surface area (Å²) >= 11 is 0. The van der Waals surface area contributed by atoms with E-state index in [2.05, 4.69) is 0 Å². The van der Waals surface area contributed by atoms with E-state index in [1.807, 2.05) is 0 Å². The lowest BCUT2D eigenvalue weighted by atomic mass is 10.0. The van der Waals surface area contributed by atoms with Crippen LogP contribution >= 0.6 is 0 Å². The van der Waals surface area contributed by atoms with Crippen LogP contribution in [0.2, 0.25) is 0 Å². The Kier molecular flexibility index (Phi) is 5.84. The van der Waals surface area contributed by atoms with Crippen molar-refractivity contribution in [2.24, 2.45) is 0 Å². The number of ether oxygens (including phenoxy) is 2. The van der Waals surface area contributed by atoms with Crippen LogP contribution in [-0.2, 0) is 14.3 Å². The Bertz CT molecular complexity index is 572. The molecule has 1 amide bonds. The van der Waals surface area contributed by atoms with Crippen LogP contribution in [0.3, 0.4) is 0 Å². The molecule has 6 nitrogen and oxygen atoms in total. The van der Waals surface area contributed by atoms with Crippen molar-refractivity contribution in [3.05, 3.63) is 23.8 Å². The van der Waals surface area contributed by atoms with E-state index in [0.717, 1.165) is 13.0 Å². The summed E-state index contributed by atoms with van der Waals surface area (Å²) in [6.07, 6.45) is 1.52. The molecule has 1 aromatic carbocycles. The van der Waals surface area contributed by atoms with Gasteiger partial charge in [-0.2, -0.15) is 0 Å². The van der Waals surface area contributed by atoms with Gasteiger partial charge >= 0.3 is 5.97 Å². The zero-order valence-electron chi connectivity index (χ0n) is 13.6. The van der Waals surface area contributed by atoms with Crippen molar-refractivity contribution in [3.63, 3.8) is 0 Å². The van der Waals surface area contributed by atoms with Gasteiger partial charge in [0, 0.05) is 24.6 Å². The minimum atomic E-state index is -0.536. The molecule has 0 saturated carbocycles. The average Bonchev–Trinajstić information content (AvgIpc) is 2.92. The van der Waals surface area contributed by atoms with E-state index < -0.39 is 5.92 Å². The number of amides is 1. The number of benzene rings is 1. The summed E-state index contributed by atoms with van der Waals surface area (Å²) < 4.78 is 10.5. The third-order valence-electron chi connectivity index (χ3n) is 3.91. The highest BCUT2D eigenvalue weighted by atomic mass is 16.5. The van der Waals surface area contributed by atoms with Crippen molar-refractivity contribution in [2.75, 3.05) is 26.3 Å². The topological polar surface area (TPSA) is 76.1 Å².